The van der Waals surface area contributed by atoms with Crippen LogP contribution in [0, 0.1) is 5.92 Å². The molecule has 20 heavy (non-hydrogen) atoms. The monoisotopic (exact) mass is 327 g/mol. The highest BCUT2D eigenvalue weighted by molar-refractivity contribution is 7.88. The molecule has 0 aliphatic carbocycles. The van der Waals surface area contributed by atoms with Crippen molar-refractivity contribution in [2.24, 2.45) is 5.92 Å². The van der Waals surface area contributed by atoms with Crippen LogP contribution in [0.4, 0.5) is 0 Å². The number of sulfonamides is 1. The van der Waals surface area contributed by atoms with Crippen LogP contribution in [0.25, 0.3) is 0 Å². The molecule has 0 aromatic carbocycles. The number of piperidine rings is 1. The van der Waals surface area contributed by atoms with Crippen LogP contribution in [0.1, 0.15) is 19.3 Å². The Hall–Kier alpha value is -0.370. The van der Waals surface area contributed by atoms with Gasteiger partial charge in [-0.1, -0.05) is 0 Å². The standard InChI is InChI=1S/C12H25N3O3S.ClH/c1-14(2)8-4-7-13-12(16)11-5-9-15(10-6-11)19(3,17)18;/h11H,4-10H2,1-3H3,(H,13,16);1H. The highest BCUT2D eigenvalue weighted by Crippen LogP contribution is 2.19. The van der Waals surface area contributed by atoms with Crippen LogP contribution < -0.4 is 5.32 Å². The van der Waals surface area contributed by atoms with Crippen molar-refractivity contribution in [3.05, 3.63) is 0 Å². The van der Waals surface area contributed by atoms with Crippen molar-refractivity contribution in [3.63, 3.8) is 0 Å². The molecule has 1 fully saturated rings. The van der Waals surface area contributed by atoms with Crippen LogP contribution in [0.3, 0.4) is 0 Å². The predicted octanol–water partition coefficient (Wildman–Crippen LogP) is 0.148. The molecule has 0 spiro atoms. The van der Waals surface area contributed by atoms with E-state index in [2.05, 4.69) is 10.2 Å². The molecular formula is C12H26ClN3O3S. The Bertz CT molecular complexity index is 393. The largest absolute Gasteiger partial charge is 0.356 e. The lowest BCUT2D eigenvalue weighted by atomic mass is 9.97. The molecule has 1 rings (SSSR count). The molecule has 8 heteroatoms. The van der Waals surface area contributed by atoms with E-state index in [0.29, 0.717) is 32.5 Å². The van der Waals surface area contributed by atoms with Crippen LogP contribution in [-0.4, -0.2) is 70.1 Å². The van der Waals surface area contributed by atoms with Gasteiger partial charge in [0, 0.05) is 25.6 Å². The second kappa shape index (κ2) is 8.81. The summed E-state index contributed by atoms with van der Waals surface area (Å²) in [6.45, 7) is 2.54. The summed E-state index contributed by atoms with van der Waals surface area (Å²) in [5.41, 5.74) is 0. The van der Waals surface area contributed by atoms with Crippen molar-refractivity contribution in [1.82, 2.24) is 14.5 Å². The summed E-state index contributed by atoms with van der Waals surface area (Å²) in [4.78, 5) is 14.0. The van der Waals surface area contributed by atoms with E-state index in [1.807, 2.05) is 14.1 Å². The number of hydrogen-bond donors (Lipinski definition) is 1. The van der Waals surface area contributed by atoms with Gasteiger partial charge in [0.15, 0.2) is 0 Å². The van der Waals surface area contributed by atoms with Gasteiger partial charge in [-0.15, -0.1) is 12.4 Å². The maximum absolute atomic E-state index is 11.9. The van der Waals surface area contributed by atoms with Gasteiger partial charge in [0.25, 0.3) is 0 Å². The maximum atomic E-state index is 11.9. The minimum Gasteiger partial charge on any atom is -0.356 e. The zero-order valence-electron chi connectivity index (χ0n) is 12.5. The van der Waals surface area contributed by atoms with Gasteiger partial charge in [-0.3, -0.25) is 4.79 Å². The number of nitrogens with zero attached hydrogens (tertiary/aromatic N) is 2. The van der Waals surface area contributed by atoms with E-state index < -0.39 is 10.0 Å². The van der Waals surface area contributed by atoms with Crippen molar-refractivity contribution in [3.8, 4) is 0 Å². The summed E-state index contributed by atoms with van der Waals surface area (Å²) in [5, 5.41) is 2.93. The first-order valence-electron chi connectivity index (χ1n) is 6.68. The lowest BCUT2D eigenvalue weighted by Gasteiger charge is -2.29. The molecule has 0 saturated carbocycles. The number of rotatable bonds is 6. The third-order valence-corrected chi connectivity index (χ3v) is 4.68. The number of amides is 1. The third-order valence-electron chi connectivity index (χ3n) is 3.38. The fourth-order valence-electron chi connectivity index (χ4n) is 2.20. The molecule has 0 bridgehead atoms. The average Bonchev–Trinajstić information content (AvgIpc) is 2.33. The Balaban J connectivity index is 0.00000361. The summed E-state index contributed by atoms with van der Waals surface area (Å²) in [6.07, 6.45) is 3.38. The molecule has 1 N–H and O–H groups in total. The Morgan fingerprint density at radius 1 is 1.30 bits per heavy atom. The van der Waals surface area contributed by atoms with Crippen LogP contribution in [0.2, 0.25) is 0 Å². The highest BCUT2D eigenvalue weighted by atomic mass is 35.5. The molecular weight excluding hydrogens is 302 g/mol. The molecule has 0 radical (unpaired) electrons. The zero-order chi connectivity index (χ0) is 14.5. The van der Waals surface area contributed by atoms with Crippen LogP contribution in [0.15, 0.2) is 0 Å². The van der Waals surface area contributed by atoms with Crippen molar-refractivity contribution < 1.29 is 13.2 Å². The van der Waals surface area contributed by atoms with Gasteiger partial charge < -0.3 is 10.2 Å². The van der Waals surface area contributed by atoms with Gasteiger partial charge >= 0.3 is 0 Å². The zero-order valence-corrected chi connectivity index (χ0v) is 14.1. The highest BCUT2D eigenvalue weighted by Gasteiger charge is 2.28. The van der Waals surface area contributed by atoms with Gasteiger partial charge in [0.05, 0.1) is 6.26 Å². The van der Waals surface area contributed by atoms with E-state index in [1.54, 1.807) is 0 Å². The summed E-state index contributed by atoms with van der Waals surface area (Å²) in [6, 6.07) is 0. The summed E-state index contributed by atoms with van der Waals surface area (Å²) in [5.74, 6) is 0.0178. The average molecular weight is 328 g/mol. The molecule has 1 aliphatic rings. The Morgan fingerprint density at radius 2 is 1.85 bits per heavy atom. The van der Waals surface area contributed by atoms with Crippen molar-refractivity contribution in [2.75, 3.05) is 46.5 Å². The van der Waals surface area contributed by atoms with Gasteiger partial charge in [0.1, 0.15) is 0 Å². The van der Waals surface area contributed by atoms with E-state index in [-0.39, 0.29) is 24.2 Å². The first-order chi connectivity index (χ1) is 8.80. The van der Waals surface area contributed by atoms with Crippen LogP contribution in [0.5, 0.6) is 0 Å². The fourth-order valence-corrected chi connectivity index (χ4v) is 3.07. The first-order valence-corrected chi connectivity index (χ1v) is 8.53. The van der Waals surface area contributed by atoms with Gasteiger partial charge in [-0.2, -0.15) is 0 Å². The number of carbonyl (C=O) groups excluding carboxylic acids is 1. The molecule has 120 valence electrons. The van der Waals surface area contributed by atoms with E-state index in [4.69, 9.17) is 0 Å². The fraction of sp³-hybridized carbons (Fsp3) is 0.917. The summed E-state index contributed by atoms with van der Waals surface area (Å²) < 4.78 is 24.2. The normalized spacial score (nSPS) is 17.8. The molecule has 1 aliphatic heterocycles. The van der Waals surface area contributed by atoms with Gasteiger partial charge in [-0.25, -0.2) is 12.7 Å². The summed E-state index contributed by atoms with van der Waals surface area (Å²) >= 11 is 0. The first kappa shape index (κ1) is 19.6. The SMILES string of the molecule is CN(C)CCCNC(=O)C1CCN(S(C)(=O)=O)CC1.Cl. The third kappa shape index (κ3) is 6.88. The lowest BCUT2D eigenvalue weighted by Crippen LogP contribution is -2.42. The number of halogens is 1. The smallest absolute Gasteiger partial charge is 0.223 e. The second-order valence-electron chi connectivity index (χ2n) is 5.38. The van der Waals surface area contributed by atoms with E-state index >= 15 is 0 Å². The van der Waals surface area contributed by atoms with Crippen LogP contribution >= 0.6 is 12.4 Å². The topological polar surface area (TPSA) is 69.7 Å². The van der Waals surface area contributed by atoms with E-state index in [1.165, 1.54) is 10.6 Å². The Kier molecular flexibility index (Phi) is 8.65. The molecule has 1 amide bonds. The Labute approximate surface area is 128 Å². The van der Waals surface area contributed by atoms with E-state index in [9.17, 15) is 13.2 Å². The molecule has 0 atom stereocenters. The number of carbonyl (C=O) groups is 1. The van der Waals surface area contributed by atoms with Gasteiger partial charge in [-0.05, 0) is 39.9 Å². The molecule has 6 nitrogen and oxygen atoms in total. The van der Waals surface area contributed by atoms with Crippen molar-refractivity contribution >= 4 is 28.3 Å². The minimum atomic E-state index is -3.11. The Morgan fingerprint density at radius 3 is 2.30 bits per heavy atom. The molecule has 0 unspecified atom stereocenters. The molecule has 0 aromatic heterocycles. The van der Waals surface area contributed by atoms with Crippen molar-refractivity contribution in [1.29, 1.82) is 0 Å². The molecule has 1 saturated heterocycles. The molecule has 1 heterocycles. The lowest BCUT2D eigenvalue weighted by molar-refractivity contribution is -0.126. The predicted molar refractivity (Wildman–Crippen MR) is 82.6 cm³/mol. The summed E-state index contributed by atoms with van der Waals surface area (Å²) in [7, 11) is 0.896. The maximum Gasteiger partial charge on any atom is 0.223 e. The minimum absolute atomic E-state index is 0. The number of nitrogens with one attached hydrogen (secondary N) is 1. The number of hydrogen-bond acceptors (Lipinski definition) is 4. The van der Waals surface area contributed by atoms with Crippen LogP contribution in [-0.2, 0) is 14.8 Å². The van der Waals surface area contributed by atoms with Gasteiger partial charge in [0.2, 0.25) is 15.9 Å². The quantitative estimate of drug-likeness (QED) is 0.705. The molecule has 0 aromatic rings. The second-order valence-corrected chi connectivity index (χ2v) is 7.37. The van der Waals surface area contributed by atoms with Crippen molar-refractivity contribution in [2.45, 2.75) is 19.3 Å². The van der Waals surface area contributed by atoms with E-state index in [0.717, 1.165) is 13.0 Å².